The first kappa shape index (κ1) is 18.8. The van der Waals surface area contributed by atoms with Crippen molar-refractivity contribution in [3.63, 3.8) is 0 Å². The quantitative estimate of drug-likeness (QED) is 0.765. The van der Waals surface area contributed by atoms with Gasteiger partial charge in [0.1, 0.15) is 12.4 Å². The number of amides is 1. The highest BCUT2D eigenvalue weighted by Gasteiger charge is 2.29. The van der Waals surface area contributed by atoms with Gasteiger partial charge in [-0.25, -0.2) is 0 Å². The minimum absolute atomic E-state index is 0.209. The van der Waals surface area contributed by atoms with Gasteiger partial charge in [-0.3, -0.25) is 9.69 Å². The van der Waals surface area contributed by atoms with Crippen LogP contribution in [-0.2, 0) is 4.79 Å². The van der Waals surface area contributed by atoms with Gasteiger partial charge in [0.2, 0.25) is 5.91 Å². The number of likely N-dealkylation sites (tertiary alicyclic amines) is 2. The van der Waals surface area contributed by atoms with Crippen molar-refractivity contribution in [2.45, 2.75) is 32.1 Å². The zero-order chi connectivity index (χ0) is 17.6. The zero-order valence-electron chi connectivity index (χ0n) is 14.6. The third kappa shape index (κ3) is 5.25. The van der Waals surface area contributed by atoms with Crippen LogP contribution in [0.15, 0.2) is 18.2 Å². The second-order valence-corrected chi connectivity index (χ2v) is 7.77. The summed E-state index contributed by atoms with van der Waals surface area (Å²) in [5, 5.41) is 1.15. The van der Waals surface area contributed by atoms with E-state index in [1.807, 2.05) is 0 Å². The van der Waals surface area contributed by atoms with Gasteiger partial charge >= 0.3 is 0 Å². The monoisotopic (exact) mass is 384 g/mol. The van der Waals surface area contributed by atoms with E-state index in [2.05, 4.69) is 9.80 Å². The first-order valence-corrected chi connectivity index (χ1v) is 9.98. The van der Waals surface area contributed by atoms with Crippen LogP contribution in [0.2, 0.25) is 10.0 Å². The lowest BCUT2D eigenvalue weighted by Crippen LogP contribution is -2.45. The average Bonchev–Trinajstić information content (AvgIpc) is 2.64. The number of carbonyl (C=O) groups excluding carboxylic acids is 1. The van der Waals surface area contributed by atoms with E-state index in [0.717, 1.165) is 58.4 Å². The molecule has 2 fully saturated rings. The highest BCUT2D eigenvalue weighted by molar-refractivity contribution is 6.35. The maximum atomic E-state index is 12.6. The number of nitrogens with zero attached hydrogens (tertiary/aromatic N) is 2. The maximum Gasteiger partial charge on any atom is 0.225 e. The van der Waals surface area contributed by atoms with E-state index in [-0.39, 0.29) is 5.92 Å². The Hall–Kier alpha value is -0.970. The molecule has 0 N–H and O–H groups in total. The molecule has 0 unspecified atom stereocenters. The molecule has 2 saturated heterocycles. The summed E-state index contributed by atoms with van der Waals surface area (Å²) in [6.07, 6.45) is 5.50. The van der Waals surface area contributed by atoms with Gasteiger partial charge in [-0.1, -0.05) is 23.2 Å². The van der Waals surface area contributed by atoms with Crippen LogP contribution in [0.1, 0.15) is 32.1 Å². The predicted octanol–water partition coefficient (Wildman–Crippen LogP) is 4.10. The summed E-state index contributed by atoms with van der Waals surface area (Å²) in [7, 11) is 0. The van der Waals surface area contributed by atoms with Gasteiger partial charge in [-0.2, -0.15) is 0 Å². The lowest BCUT2D eigenvalue weighted by Gasteiger charge is -2.35. The molecule has 0 aromatic heterocycles. The second-order valence-electron chi connectivity index (χ2n) is 6.93. The average molecular weight is 385 g/mol. The summed E-state index contributed by atoms with van der Waals surface area (Å²) in [5.74, 6) is 1.26. The number of ether oxygens (including phenoxy) is 1. The van der Waals surface area contributed by atoms with Crippen LogP contribution in [0.25, 0.3) is 0 Å². The largest absolute Gasteiger partial charge is 0.491 e. The molecule has 4 nitrogen and oxygen atoms in total. The Morgan fingerprint density at radius 2 is 1.80 bits per heavy atom. The minimum atomic E-state index is 0.209. The molecule has 0 saturated carbocycles. The Morgan fingerprint density at radius 1 is 1.08 bits per heavy atom. The van der Waals surface area contributed by atoms with Gasteiger partial charge in [-0.05, 0) is 63.4 Å². The van der Waals surface area contributed by atoms with Crippen molar-refractivity contribution in [3.05, 3.63) is 28.2 Å². The van der Waals surface area contributed by atoms with Crippen molar-refractivity contribution in [3.8, 4) is 5.75 Å². The van der Waals surface area contributed by atoms with Gasteiger partial charge < -0.3 is 9.64 Å². The SMILES string of the molecule is O=C(C1CCN(CCOc2ccc(Cl)cc2Cl)CC1)N1CCCCC1. The molecule has 2 aliphatic heterocycles. The van der Waals surface area contributed by atoms with Crippen LogP contribution in [0.3, 0.4) is 0 Å². The number of piperidine rings is 2. The van der Waals surface area contributed by atoms with E-state index < -0.39 is 0 Å². The molecular formula is C19H26Cl2N2O2. The number of halogens is 2. The van der Waals surface area contributed by atoms with Crippen LogP contribution in [0.4, 0.5) is 0 Å². The van der Waals surface area contributed by atoms with Crippen LogP contribution in [-0.4, -0.2) is 55.0 Å². The number of hydrogen-bond acceptors (Lipinski definition) is 3. The number of benzene rings is 1. The second kappa shape index (κ2) is 9.11. The van der Waals surface area contributed by atoms with Crippen molar-refractivity contribution in [2.24, 2.45) is 5.92 Å². The Bertz CT molecular complexity index is 583. The molecule has 2 heterocycles. The molecular weight excluding hydrogens is 359 g/mol. The Labute approximate surface area is 160 Å². The number of hydrogen-bond donors (Lipinski definition) is 0. The molecule has 1 aromatic rings. The highest BCUT2D eigenvalue weighted by atomic mass is 35.5. The first-order chi connectivity index (χ1) is 12.1. The molecule has 0 atom stereocenters. The van der Waals surface area contributed by atoms with E-state index in [4.69, 9.17) is 27.9 Å². The number of carbonyl (C=O) groups is 1. The van der Waals surface area contributed by atoms with Crippen LogP contribution < -0.4 is 4.74 Å². The van der Waals surface area contributed by atoms with Crippen molar-refractivity contribution in [2.75, 3.05) is 39.3 Å². The van der Waals surface area contributed by atoms with Crippen molar-refractivity contribution in [1.82, 2.24) is 9.80 Å². The van der Waals surface area contributed by atoms with Gasteiger partial charge in [0, 0.05) is 30.6 Å². The molecule has 3 rings (SSSR count). The fourth-order valence-corrected chi connectivity index (χ4v) is 4.12. The summed E-state index contributed by atoms with van der Waals surface area (Å²) >= 11 is 12.0. The molecule has 0 aliphatic carbocycles. The maximum absolute atomic E-state index is 12.6. The Morgan fingerprint density at radius 3 is 2.48 bits per heavy atom. The smallest absolute Gasteiger partial charge is 0.225 e. The molecule has 1 aromatic carbocycles. The van der Waals surface area contributed by atoms with Gasteiger partial charge in [0.05, 0.1) is 5.02 Å². The van der Waals surface area contributed by atoms with E-state index in [1.54, 1.807) is 18.2 Å². The summed E-state index contributed by atoms with van der Waals surface area (Å²) in [6, 6.07) is 5.27. The van der Waals surface area contributed by atoms with Gasteiger partial charge in [-0.15, -0.1) is 0 Å². The predicted molar refractivity (Wildman–Crippen MR) is 102 cm³/mol. The lowest BCUT2D eigenvalue weighted by atomic mass is 9.94. The van der Waals surface area contributed by atoms with Gasteiger partial charge in [0.15, 0.2) is 0 Å². The molecule has 25 heavy (non-hydrogen) atoms. The highest BCUT2D eigenvalue weighted by Crippen LogP contribution is 2.27. The summed E-state index contributed by atoms with van der Waals surface area (Å²) in [4.78, 5) is 17.0. The van der Waals surface area contributed by atoms with Crippen molar-refractivity contribution < 1.29 is 9.53 Å². The molecule has 0 spiro atoms. The normalized spacial score (nSPS) is 19.8. The summed E-state index contributed by atoms with van der Waals surface area (Å²) < 4.78 is 5.76. The zero-order valence-corrected chi connectivity index (χ0v) is 16.1. The van der Waals surface area contributed by atoms with E-state index >= 15 is 0 Å². The lowest BCUT2D eigenvalue weighted by molar-refractivity contribution is -0.138. The number of rotatable bonds is 5. The first-order valence-electron chi connectivity index (χ1n) is 9.22. The minimum Gasteiger partial charge on any atom is -0.491 e. The van der Waals surface area contributed by atoms with E-state index in [9.17, 15) is 4.79 Å². The van der Waals surface area contributed by atoms with E-state index in [1.165, 1.54) is 6.42 Å². The standard InChI is InChI=1S/C19H26Cl2N2O2/c20-16-4-5-18(17(21)14-16)25-13-12-22-10-6-15(7-11-22)19(24)23-8-2-1-3-9-23/h4-5,14-15H,1-3,6-13H2. The Kier molecular flexibility index (Phi) is 6.85. The fraction of sp³-hybridized carbons (Fsp3) is 0.632. The van der Waals surface area contributed by atoms with Crippen LogP contribution in [0, 0.1) is 5.92 Å². The van der Waals surface area contributed by atoms with Crippen LogP contribution >= 0.6 is 23.2 Å². The topological polar surface area (TPSA) is 32.8 Å². The van der Waals surface area contributed by atoms with Crippen molar-refractivity contribution in [1.29, 1.82) is 0 Å². The summed E-state index contributed by atoms with van der Waals surface area (Å²) in [5.41, 5.74) is 0. The third-order valence-corrected chi connectivity index (χ3v) is 5.69. The van der Waals surface area contributed by atoms with Crippen molar-refractivity contribution >= 4 is 29.1 Å². The van der Waals surface area contributed by atoms with Crippen LogP contribution in [0.5, 0.6) is 5.75 Å². The molecule has 138 valence electrons. The molecule has 0 bridgehead atoms. The molecule has 0 radical (unpaired) electrons. The Balaban J connectivity index is 1.38. The molecule has 2 aliphatic rings. The fourth-order valence-electron chi connectivity index (χ4n) is 3.65. The van der Waals surface area contributed by atoms with E-state index in [0.29, 0.717) is 28.3 Å². The third-order valence-electron chi connectivity index (χ3n) is 5.16. The molecule has 1 amide bonds. The van der Waals surface area contributed by atoms with Gasteiger partial charge in [0.25, 0.3) is 0 Å². The summed E-state index contributed by atoms with van der Waals surface area (Å²) in [6.45, 7) is 5.27. The molecule has 6 heteroatoms.